The van der Waals surface area contributed by atoms with Gasteiger partial charge in [0.1, 0.15) is 11.6 Å². The van der Waals surface area contributed by atoms with Gasteiger partial charge in [-0.05, 0) is 12.8 Å². The smallest absolute Gasteiger partial charge is 0.396 e. The van der Waals surface area contributed by atoms with Gasteiger partial charge in [-0.2, -0.15) is 18.3 Å². The molecule has 1 aromatic rings. The minimum Gasteiger partial charge on any atom is -0.396 e. The van der Waals surface area contributed by atoms with Crippen molar-refractivity contribution in [1.82, 2.24) is 9.78 Å². The summed E-state index contributed by atoms with van der Waals surface area (Å²) < 4.78 is 37.0. The molecule has 9 heteroatoms. The van der Waals surface area contributed by atoms with Gasteiger partial charge in [0.05, 0.1) is 11.9 Å². The molecule has 1 aromatic heterocycles. The van der Waals surface area contributed by atoms with Gasteiger partial charge in [-0.15, -0.1) is 0 Å². The first-order valence-electron chi connectivity index (χ1n) is 6.52. The highest BCUT2D eigenvalue weighted by molar-refractivity contribution is 6.32. The average molecular weight is 328 g/mol. The van der Waals surface area contributed by atoms with Gasteiger partial charge in [-0.25, -0.2) is 4.68 Å². The number of aliphatic hydroxyl groups is 1. The number of nitrogens with one attached hydrogen (secondary N) is 1. The second kappa shape index (κ2) is 8.23. The molecule has 0 unspecified atom stereocenters. The van der Waals surface area contributed by atoms with E-state index in [2.05, 4.69) is 10.4 Å². The highest BCUT2D eigenvalue weighted by Gasteiger charge is 2.29. The summed E-state index contributed by atoms with van der Waals surface area (Å²) in [6.45, 7) is -0.789. The van der Waals surface area contributed by atoms with E-state index >= 15 is 0 Å². The van der Waals surface area contributed by atoms with Gasteiger partial charge in [0.2, 0.25) is 0 Å². The molecule has 120 valence electrons. The van der Waals surface area contributed by atoms with Crippen molar-refractivity contribution in [2.75, 3.05) is 18.5 Å². The maximum atomic E-state index is 12.2. The average Bonchev–Trinajstić information content (AvgIpc) is 2.40. The molecule has 0 spiro atoms. The molecular formula is C12H17ClF3N3O2. The second-order valence-electron chi connectivity index (χ2n) is 4.51. The van der Waals surface area contributed by atoms with E-state index in [1.165, 1.54) is 0 Å². The van der Waals surface area contributed by atoms with E-state index in [1.54, 1.807) is 0 Å². The highest BCUT2D eigenvalue weighted by atomic mass is 35.5. The SMILES string of the molecule is O=c1c(Cl)c(NCCCCCCO)cnn1CC(F)(F)F. The largest absolute Gasteiger partial charge is 0.408 e. The van der Waals surface area contributed by atoms with E-state index in [4.69, 9.17) is 16.7 Å². The van der Waals surface area contributed by atoms with Crippen molar-refractivity contribution in [1.29, 1.82) is 0 Å². The number of rotatable bonds is 8. The summed E-state index contributed by atoms with van der Waals surface area (Å²) in [7, 11) is 0. The Bertz CT molecular complexity index is 506. The highest BCUT2D eigenvalue weighted by Crippen LogP contribution is 2.19. The number of anilines is 1. The van der Waals surface area contributed by atoms with Crippen molar-refractivity contribution in [2.45, 2.75) is 38.4 Å². The van der Waals surface area contributed by atoms with Crippen LogP contribution in [0.2, 0.25) is 5.02 Å². The summed E-state index contributed by atoms with van der Waals surface area (Å²) >= 11 is 5.75. The number of aliphatic hydroxyl groups excluding tert-OH is 1. The molecule has 0 amide bonds. The van der Waals surface area contributed by atoms with Crippen molar-refractivity contribution < 1.29 is 18.3 Å². The standard InChI is InChI=1S/C12H17ClF3N3O2/c13-10-9(17-5-3-1-2-4-6-20)7-18-19(11(10)21)8-12(14,15)16/h7,17,20H,1-6,8H2. The van der Waals surface area contributed by atoms with Gasteiger partial charge in [0.15, 0.2) is 0 Å². The number of hydrogen-bond donors (Lipinski definition) is 2. The Morgan fingerprint density at radius 3 is 2.57 bits per heavy atom. The number of nitrogens with zero attached hydrogens (tertiary/aromatic N) is 2. The van der Waals surface area contributed by atoms with Gasteiger partial charge in [-0.1, -0.05) is 24.4 Å². The Balaban J connectivity index is 2.57. The summed E-state index contributed by atoms with van der Waals surface area (Å²) in [5.41, 5.74) is -0.749. The van der Waals surface area contributed by atoms with Crippen LogP contribution in [0.15, 0.2) is 11.0 Å². The number of aromatic nitrogens is 2. The Morgan fingerprint density at radius 2 is 1.95 bits per heavy atom. The van der Waals surface area contributed by atoms with Gasteiger partial charge in [-0.3, -0.25) is 4.79 Å². The summed E-state index contributed by atoms with van der Waals surface area (Å²) in [4.78, 5) is 11.6. The molecule has 0 aromatic carbocycles. The van der Waals surface area contributed by atoms with Crippen LogP contribution in [0.3, 0.4) is 0 Å². The minimum atomic E-state index is -4.53. The number of alkyl halides is 3. The van der Waals surface area contributed by atoms with Gasteiger partial charge in [0, 0.05) is 13.2 Å². The van der Waals surface area contributed by atoms with Crippen LogP contribution >= 0.6 is 11.6 Å². The fraction of sp³-hybridized carbons (Fsp3) is 0.667. The molecule has 0 saturated heterocycles. The van der Waals surface area contributed by atoms with Crippen LogP contribution in [0.25, 0.3) is 0 Å². The van der Waals surface area contributed by atoms with Crippen molar-refractivity contribution in [3.8, 4) is 0 Å². The summed E-state index contributed by atoms with van der Waals surface area (Å²) in [5.74, 6) is 0. The zero-order chi connectivity index (χ0) is 15.9. The molecule has 0 atom stereocenters. The van der Waals surface area contributed by atoms with E-state index in [0.29, 0.717) is 6.54 Å². The normalized spacial score (nSPS) is 11.7. The Labute approximate surface area is 124 Å². The van der Waals surface area contributed by atoms with Gasteiger partial charge >= 0.3 is 6.18 Å². The van der Waals surface area contributed by atoms with Gasteiger partial charge < -0.3 is 10.4 Å². The Kier molecular flexibility index (Phi) is 6.97. The first-order chi connectivity index (χ1) is 9.85. The van der Waals surface area contributed by atoms with Crippen molar-refractivity contribution >= 4 is 17.3 Å². The topological polar surface area (TPSA) is 67.2 Å². The molecule has 0 radical (unpaired) electrons. The van der Waals surface area contributed by atoms with E-state index in [-0.39, 0.29) is 22.0 Å². The van der Waals surface area contributed by atoms with Crippen LogP contribution in [0, 0.1) is 0 Å². The summed E-state index contributed by atoms with van der Waals surface area (Å²) in [6.07, 6.45) is -0.107. The maximum absolute atomic E-state index is 12.2. The lowest BCUT2D eigenvalue weighted by atomic mass is 10.2. The number of unbranched alkanes of at least 4 members (excludes halogenated alkanes) is 3. The first kappa shape index (κ1) is 17.8. The zero-order valence-corrected chi connectivity index (χ0v) is 12.0. The van der Waals surface area contributed by atoms with E-state index < -0.39 is 18.3 Å². The van der Waals surface area contributed by atoms with E-state index in [9.17, 15) is 18.0 Å². The van der Waals surface area contributed by atoms with Crippen LogP contribution < -0.4 is 10.9 Å². The molecule has 0 saturated carbocycles. The lowest BCUT2D eigenvalue weighted by molar-refractivity contribution is -0.143. The van der Waals surface area contributed by atoms with Gasteiger partial charge in [0.25, 0.3) is 5.56 Å². The fourth-order valence-electron chi connectivity index (χ4n) is 1.68. The van der Waals surface area contributed by atoms with E-state index in [1.807, 2.05) is 0 Å². The van der Waals surface area contributed by atoms with Crippen molar-refractivity contribution in [3.05, 3.63) is 21.6 Å². The lowest BCUT2D eigenvalue weighted by Gasteiger charge is -2.11. The van der Waals surface area contributed by atoms with Crippen molar-refractivity contribution in [2.24, 2.45) is 0 Å². The van der Waals surface area contributed by atoms with Crippen LogP contribution in [-0.4, -0.2) is 34.2 Å². The van der Waals surface area contributed by atoms with Crippen LogP contribution in [0.5, 0.6) is 0 Å². The summed E-state index contributed by atoms with van der Waals surface area (Å²) in [6, 6.07) is 0. The van der Waals surface area contributed by atoms with E-state index in [0.717, 1.165) is 31.9 Å². The number of hydrogen-bond acceptors (Lipinski definition) is 4. The molecule has 1 heterocycles. The lowest BCUT2D eigenvalue weighted by Crippen LogP contribution is -2.30. The first-order valence-corrected chi connectivity index (χ1v) is 6.90. The van der Waals surface area contributed by atoms with Crippen LogP contribution in [0.4, 0.5) is 18.9 Å². The molecule has 0 fully saturated rings. The molecule has 2 N–H and O–H groups in total. The zero-order valence-electron chi connectivity index (χ0n) is 11.3. The molecule has 21 heavy (non-hydrogen) atoms. The molecule has 0 bridgehead atoms. The summed E-state index contributed by atoms with van der Waals surface area (Å²) in [5, 5.41) is 14.6. The molecule has 1 rings (SSSR count). The monoisotopic (exact) mass is 327 g/mol. The number of halogens is 4. The molecule has 0 aliphatic heterocycles. The Hall–Kier alpha value is -1.28. The fourth-order valence-corrected chi connectivity index (χ4v) is 1.90. The predicted octanol–water partition coefficient (Wildman–Crippen LogP) is 2.42. The predicted molar refractivity (Wildman–Crippen MR) is 73.6 cm³/mol. The molecule has 0 aliphatic carbocycles. The molecule has 0 aliphatic rings. The van der Waals surface area contributed by atoms with Crippen LogP contribution in [0.1, 0.15) is 25.7 Å². The van der Waals surface area contributed by atoms with Crippen molar-refractivity contribution in [3.63, 3.8) is 0 Å². The third kappa shape index (κ3) is 6.34. The quantitative estimate of drug-likeness (QED) is 0.720. The second-order valence-corrected chi connectivity index (χ2v) is 4.89. The Morgan fingerprint density at radius 1 is 1.29 bits per heavy atom. The maximum Gasteiger partial charge on any atom is 0.408 e. The minimum absolute atomic E-state index is 0.153. The third-order valence-corrected chi connectivity index (χ3v) is 3.08. The molecule has 5 nitrogen and oxygen atoms in total. The molecular weight excluding hydrogens is 311 g/mol. The van der Waals surface area contributed by atoms with Crippen LogP contribution in [-0.2, 0) is 6.54 Å². The third-order valence-electron chi connectivity index (χ3n) is 2.71.